The molecule has 3 aromatic rings. The van der Waals surface area contributed by atoms with Crippen LogP contribution in [0.1, 0.15) is 86.2 Å². The van der Waals surface area contributed by atoms with Crippen molar-refractivity contribution in [1.29, 1.82) is 0 Å². The Hall–Kier alpha value is -2.44. The van der Waals surface area contributed by atoms with Gasteiger partial charge in [-0.1, -0.05) is 85.6 Å². The summed E-state index contributed by atoms with van der Waals surface area (Å²) < 4.78 is 0. The molecule has 2 saturated heterocycles. The Labute approximate surface area is 286 Å². The van der Waals surface area contributed by atoms with Crippen molar-refractivity contribution in [2.45, 2.75) is 82.4 Å². The number of carbonyl (C=O) groups excluding carboxylic acids is 2. The lowest BCUT2D eigenvalue weighted by Gasteiger charge is -2.56. The molecule has 0 bridgehead atoms. The fraction of sp³-hybridized carbons (Fsp3) is 0.512. The number of fused-ring (bicyclic) bond motifs is 9. The second-order valence-electron chi connectivity index (χ2n) is 16.4. The lowest BCUT2D eigenvalue weighted by Crippen LogP contribution is -2.58. The average Bonchev–Trinajstić information content (AvgIpc) is 3.77. The molecular weight excluding hydrogens is 622 g/mol. The monoisotopic (exact) mass is 663 g/mol. The van der Waals surface area contributed by atoms with Gasteiger partial charge in [0, 0.05) is 39.6 Å². The van der Waals surface area contributed by atoms with Gasteiger partial charge in [-0.15, -0.1) is 11.8 Å². The molecule has 47 heavy (non-hydrogen) atoms. The van der Waals surface area contributed by atoms with Crippen LogP contribution in [0.15, 0.2) is 72.3 Å². The van der Waals surface area contributed by atoms with Gasteiger partial charge < -0.3 is 5.11 Å². The first-order valence-corrected chi connectivity index (χ1v) is 19.3. The summed E-state index contributed by atoms with van der Waals surface area (Å²) in [6.45, 7) is 4.74. The number of nitrogens with zero attached hydrogens (tertiary/aromatic N) is 1. The van der Waals surface area contributed by atoms with E-state index in [9.17, 15) is 5.11 Å². The Balaban J connectivity index is 1.23. The molecule has 10 atom stereocenters. The van der Waals surface area contributed by atoms with Crippen LogP contribution in [0.3, 0.4) is 0 Å². The van der Waals surface area contributed by atoms with E-state index in [4.69, 9.17) is 11.6 Å². The molecule has 5 aliphatic carbocycles. The van der Waals surface area contributed by atoms with Gasteiger partial charge in [-0.2, -0.15) is 0 Å². The van der Waals surface area contributed by atoms with Gasteiger partial charge in [0.2, 0.25) is 0 Å². The molecule has 7 aliphatic rings. The second-order valence-corrected chi connectivity index (χ2v) is 17.9. The number of Topliss-reactive ketones (excluding diaryl/α,β-unsaturated/α-hetero) is 2. The number of allylic oxidation sites excluding steroid dienone is 1. The Kier molecular flexibility index (Phi) is 6.03. The molecule has 0 amide bonds. The van der Waals surface area contributed by atoms with Crippen molar-refractivity contribution in [2.24, 2.45) is 34.0 Å². The molecule has 3 unspecified atom stereocenters. The summed E-state index contributed by atoms with van der Waals surface area (Å²) in [5.74, 6) is 3.12. The van der Waals surface area contributed by atoms with Crippen LogP contribution in [-0.2, 0) is 10.3 Å². The first kappa shape index (κ1) is 29.5. The van der Waals surface area contributed by atoms with Gasteiger partial charge in [0.1, 0.15) is 11.3 Å². The quantitative estimate of drug-likeness (QED) is 0.265. The van der Waals surface area contributed by atoms with E-state index in [2.05, 4.69) is 61.2 Å². The van der Waals surface area contributed by atoms with Crippen LogP contribution in [0.4, 0.5) is 0 Å². The van der Waals surface area contributed by atoms with Crippen LogP contribution in [0, 0.1) is 34.0 Å². The van der Waals surface area contributed by atoms with Gasteiger partial charge in [-0.05, 0) is 102 Å². The van der Waals surface area contributed by atoms with Crippen LogP contribution in [0.25, 0.3) is 10.8 Å². The van der Waals surface area contributed by atoms with E-state index >= 15 is 9.59 Å². The fourth-order valence-corrected chi connectivity index (χ4v) is 14.5. The molecule has 6 heteroatoms. The predicted molar refractivity (Wildman–Crippen MR) is 188 cm³/mol. The van der Waals surface area contributed by atoms with Gasteiger partial charge >= 0.3 is 0 Å². The maximum absolute atomic E-state index is 16.2. The van der Waals surface area contributed by atoms with Crippen LogP contribution in [-0.4, -0.2) is 45.3 Å². The van der Waals surface area contributed by atoms with Gasteiger partial charge in [-0.3, -0.25) is 14.5 Å². The van der Waals surface area contributed by atoms with Crippen molar-refractivity contribution < 1.29 is 14.7 Å². The number of hydrogen-bond acceptors (Lipinski definition) is 5. The highest BCUT2D eigenvalue weighted by molar-refractivity contribution is 7.99. The number of hydrogen-bond donors (Lipinski definition) is 1. The highest BCUT2D eigenvalue weighted by Gasteiger charge is 2.82. The SMILES string of the molecule is C[C@]12CC[C@H](O)CC1=CC[C@@H]1[C@@H]2CC[C@]2(C)C(=O)C3(C[C@@H]12)C(c1ccc(Cl)cc1)[C@@H]1CSCN1C31C(=O)c2cccc3cccc1c23. The number of thioether (sulfide) groups is 1. The second kappa shape index (κ2) is 9.62. The van der Waals surface area contributed by atoms with Gasteiger partial charge in [0.05, 0.1) is 11.5 Å². The lowest BCUT2D eigenvalue weighted by molar-refractivity contribution is -0.141. The number of benzene rings is 3. The molecule has 2 aliphatic heterocycles. The molecule has 10 rings (SSSR count). The number of carbonyl (C=O) groups is 2. The fourth-order valence-electron chi connectivity index (χ4n) is 13.1. The number of ketones is 2. The minimum Gasteiger partial charge on any atom is -0.393 e. The minimum absolute atomic E-state index is 0.0763. The van der Waals surface area contributed by atoms with E-state index in [1.807, 2.05) is 36.0 Å². The zero-order valence-corrected chi connectivity index (χ0v) is 28.7. The smallest absolute Gasteiger partial charge is 0.189 e. The van der Waals surface area contributed by atoms with Crippen LogP contribution in [0.2, 0.25) is 5.02 Å². The Morgan fingerprint density at radius 1 is 0.936 bits per heavy atom. The predicted octanol–water partition coefficient (Wildman–Crippen LogP) is 8.55. The third-order valence-corrected chi connectivity index (χ3v) is 16.2. The normalized spacial score (nSPS) is 43.4. The molecule has 3 aromatic carbocycles. The zero-order valence-electron chi connectivity index (χ0n) is 27.2. The van der Waals surface area contributed by atoms with Crippen molar-refractivity contribution >= 4 is 45.7 Å². The van der Waals surface area contributed by atoms with E-state index in [0.717, 1.165) is 84.0 Å². The lowest BCUT2D eigenvalue weighted by atomic mass is 9.48. The first-order valence-electron chi connectivity index (χ1n) is 17.8. The van der Waals surface area contributed by atoms with E-state index in [1.54, 1.807) is 0 Å². The standard InChI is InChI=1S/C41H42ClNO3S/c1-38-17-15-27(44)19-25(38)11-14-28-30(38)16-18-39(2)32(28)20-40(37(39)46)35(24-9-12-26(42)13-10-24)33-21-47-22-43(33)41(40)31-8-4-6-23-5-3-7-29(34(23)31)36(41)45/h3-13,27-28,30,32-33,35,44H,14-22H2,1-2H3/t27-,28+,30-,32-,33-,35?,38-,39-,40?,41?/m0/s1. The van der Waals surface area contributed by atoms with Crippen LogP contribution >= 0.6 is 23.4 Å². The first-order chi connectivity index (χ1) is 22.7. The average molecular weight is 664 g/mol. The Bertz CT molecular complexity index is 1920. The van der Waals surface area contributed by atoms with E-state index in [-0.39, 0.29) is 35.2 Å². The van der Waals surface area contributed by atoms with Crippen molar-refractivity contribution in [2.75, 3.05) is 11.6 Å². The summed E-state index contributed by atoms with van der Waals surface area (Å²) in [5.41, 5.74) is 2.10. The largest absolute Gasteiger partial charge is 0.393 e. The van der Waals surface area contributed by atoms with E-state index in [1.165, 1.54) is 5.57 Å². The minimum atomic E-state index is -1.03. The number of aliphatic hydroxyl groups excluding tert-OH is 1. The number of halogens is 1. The summed E-state index contributed by atoms with van der Waals surface area (Å²) in [7, 11) is 0. The Morgan fingerprint density at radius 3 is 2.51 bits per heavy atom. The highest BCUT2D eigenvalue weighted by Crippen LogP contribution is 2.77. The molecule has 0 aromatic heterocycles. The zero-order chi connectivity index (χ0) is 32.1. The summed E-state index contributed by atoms with van der Waals surface area (Å²) in [6.07, 6.45) is 8.50. The summed E-state index contributed by atoms with van der Waals surface area (Å²) in [5, 5.41) is 13.4. The molecule has 3 saturated carbocycles. The molecule has 1 N–H and O–H groups in total. The van der Waals surface area contributed by atoms with Gasteiger partial charge in [0.15, 0.2) is 5.78 Å². The molecular formula is C41H42ClNO3S. The maximum atomic E-state index is 16.2. The van der Waals surface area contributed by atoms with Crippen molar-refractivity contribution in [3.8, 4) is 0 Å². The van der Waals surface area contributed by atoms with Gasteiger partial charge in [0.25, 0.3) is 0 Å². The number of rotatable bonds is 1. The molecule has 2 spiro atoms. The Morgan fingerprint density at radius 2 is 1.70 bits per heavy atom. The van der Waals surface area contributed by atoms with Gasteiger partial charge in [-0.25, -0.2) is 0 Å². The van der Waals surface area contributed by atoms with Crippen LogP contribution in [0.5, 0.6) is 0 Å². The van der Waals surface area contributed by atoms with Crippen molar-refractivity contribution in [3.63, 3.8) is 0 Å². The van der Waals surface area contributed by atoms with E-state index in [0.29, 0.717) is 22.6 Å². The summed E-state index contributed by atoms with van der Waals surface area (Å²) >= 11 is 8.39. The molecule has 2 heterocycles. The summed E-state index contributed by atoms with van der Waals surface area (Å²) in [6, 6.07) is 20.9. The van der Waals surface area contributed by atoms with Crippen molar-refractivity contribution in [1.82, 2.24) is 4.90 Å². The third kappa shape index (κ3) is 3.32. The highest BCUT2D eigenvalue weighted by atomic mass is 35.5. The molecule has 242 valence electrons. The van der Waals surface area contributed by atoms with Crippen LogP contribution < -0.4 is 0 Å². The maximum Gasteiger partial charge on any atom is 0.189 e. The van der Waals surface area contributed by atoms with E-state index < -0.39 is 16.4 Å². The molecule has 0 radical (unpaired) electrons. The number of aliphatic hydroxyl groups is 1. The molecule has 4 nitrogen and oxygen atoms in total. The summed E-state index contributed by atoms with van der Waals surface area (Å²) in [4.78, 5) is 34.3. The third-order valence-electron chi connectivity index (χ3n) is 14.9. The topological polar surface area (TPSA) is 57.6 Å². The van der Waals surface area contributed by atoms with Crippen molar-refractivity contribution in [3.05, 3.63) is 94.0 Å². The molecule has 5 fully saturated rings.